The van der Waals surface area contributed by atoms with E-state index in [-0.39, 0.29) is 18.2 Å². The number of carbonyl (C=O) groups excluding carboxylic acids is 1. The van der Waals surface area contributed by atoms with E-state index in [0.717, 1.165) is 22.5 Å². The molecular formula is C21H22FNO2. The summed E-state index contributed by atoms with van der Waals surface area (Å²) < 4.78 is 20.0. The van der Waals surface area contributed by atoms with Crippen LogP contribution in [0.15, 0.2) is 72.9 Å². The van der Waals surface area contributed by atoms with Gasteiger partial charge in [0.15, 0.2) is 0 Å². The number of rotatable bonds is 7. The first-order valence-electron chi connectivity index (χ1n) is 8.02. The molecule has 0 bridgehead atoms. The lowest BCUT2D eigenvalue weighted by molar-refractivity contribution is -0.139. The van der Waals surface area contributed by atoms with Crippen LogP contribution in [0.2, 0.25) is 0 Å². The van der Waals surface area contributed by atoms with E-state index in [0.29, 0.717) is 6.54 Å². The van der Waals surface area contributed by atoms with Crippen molar-refractivity contribution in [2.24, 2.45) is 0 Å². The van der Waals surface area contributed by atoms with Crippen LogP contribution in [0.1, 0.15) is 12.1 Å². The van der Waals surface area contributed by atoms with Gasteiger partial charge in [-0.15, -0.1) is 0 Å². The van der Waals surface area contributed by atoms with Crippen molar-refractivity contribution < 1.29 is 13.9 Å². The van der Waals surface area contributed by atoms with E-state index in [4.69, 9.17) is 4.74 Å². The van der Waals surface area contributed by atoms with E-state index in [2.05, 4.69) is 11.1 Å². The number of halogens is 1. The zero-order chi connectivity index (χ0) is 18.2. The molecular weight excluding hydrogens is 317 g/mol. The molecule has 1 aromatic heterocycles. The van der Waals surface area contributed by atoms with Gasteiger partial charge in [-0.3, -0.25) is 4.79 Å². The van der Waals surface area contributed by atoms with Gasteiger partial charge >= 0.3 is 5.97 Å². The molecule has 0 atom stereocenters. The smallest absolute Gasteiger partial charge is 0.309 e. The molecule has 4 heteroatoms. The Bertz CT molecular complexity index is 798. The number of ether oxygens (including phenoxy) is 1. The maximum Gasteiger partial charge on any atom is 0.309 e. The number of allylic oxidation sites excluding steroid dienone is 4. The van der Waals surface area contributed by atoms with E-state index >= 15 is 0 Å². The predicted octanol–water partition coefficient (Wildman–Crippen LogP) is 4.83. The third-order valence-electron chi connectivity index (χ3n) is 3.87. The molecule has 0 saturated carbocycles. The third kappa shape index (κ3) is 5.05. The summed E-state index contributed by atoms with van der Waals surface area (Å²) in [6.45, 7) is 6.33. The molecule has 0 spiro atoms. The maximum absolute atomic E-state index is 13.1. The number of hydrogen-bond donors (Lipinski definition) is 0. The Morgan fingerprint density at radius 2 is 1.96 bits per heavy atom. The lowest BCUT2D eigenvalue weighted by Gasteiger charge is -2.10. The first-order chi connectivity index (χ1) is 12.0. The molecule has 0 radical (unpaired) electrons. The van der Waals surface area contributed by atoms with Crippen molar-refractivity contribution in [3.05, 3.63) is 84.4 Å². The number of esters is 1. The minimum atomic E-state index is -0.290. The largest absolute Gasteiger partial charge is 0.469 e. The van der Waals surface area contributed by atoms with Crippen LogP contribution in [0, 0.1) is 12.7 Å². The highest BCUT2D eigenvalue weighted by atomic mass is 19.1. The fraction of sp³-hybridized carbons (Fsp3) is 0.190. The molecule has 3 nitrogen and oxygen atoms in total. The van der Waals surface area contributed by atoms with Crippen LogP contribution >= 0.6 is 0 Å². The van der Waals surface area contributed by atoms with Crippen molar-refractivity contribution >= 4 is 5.97 Å². The SMILES string of the molecule is C=C/C=C(\C=C/Cn1c(C)ccc1-c1ccc(F)cc1)CC(=O)OC. The van der Waals surface area contributed by atoms with Crippen LogP contribution < -0.4 is 0 Å². The van der Waals surface area contributed by atoms with Crippen LogP contribution in [0.25, 0.3) is 11.3 Å². The number of carbonyl (C=O) groups is 1. The summed E-state index contributed by atoms with van der Waals surface area (Å²) in [5.74, 6) is -0.539. The number of aryl methyl sites for hydroxylation is 1. The minimum Gasteiger partial charge on any atom is -0.469 e. The zero-order valence-corrected chi connectivity index (χ0v) is 14.5. The van der Waals surface area contributed by atoms with Gasteiger partial charge in [0.25, 0.3) is 0 Å². The summed E-state index contributed by atoms with van der Waals surface area (Å²) >= 11 is 0. The van der Waals surface area contributed by atoms with Crippen LogP contribution in [0.5, 0.6) is 0 Å². The van der Waals surface area contributed by atoms with Crippen molar-refractivity contribution in [3.8, 4) is 11.3 Å². The van der Waals surface area contributed by atoms with Crippen LogP contribution in [0.4, 0.5) is 4.39 Å². The Morgan fingerprint density at radius 3 is 2.60 bits per heavy atom. The molecule has 1 heterocycles. The van der Waals surface area contributed by atoms with Crippen molar-refractivity contribution in [3.63, 3.8) is 0 Å². The first-order valence-corrected chi connectivity index (χ1v) is 8.02. The Labute approximate surface area is 147 Å². The molecule has 0 aliphatic rings. The van der Waals surface area contributed by atoms with Crippen LogP contribution in [-0.4, -0.2) is 17.6 Å². The lowest BCUT2D eigenvalue weighted by atomic mass is 10.1. The van der Waals surface area contributed by atoms with Gasteiger partial charge in [-0.25, -0.2) is 4.39 Å². The van der Waals surface area contributed by atoms with Gasteiger partial charge < -0.3 is 9.30 Å². The highest BCUT2D eigenvalue weighted by Gasteiger charge is 2.07. The average molecular weight is 339 g/mol. The fourth-order valence-corrected chi connectivity index (χ4v) is 2.56. The second-order valence-electron chi connectivity index (χ2n) is 5.61. The standard InChI is InChI=1S/C21H22FNO2/c1-4-6-17(15-21(24)25-3)7-5-14-23-16(2)8-13-20(23)18-9-11-19(22)12-10-18/h4-13H,1,14-15H2,2-3H3/b7-5-,17-6+. The van der Waals surface area contributed by atoms with E-state index in [1.54, 1.807) is 24.3 Å². The van der Waals surface area contributed by atoms with E-state index in [9.17, 15) is 9.18 Å². The van der Waals surface area contributed by atoms with Gasteiger partial charge in [0.05, 0.1) is 13.5 Å². The van der Waals surface area contributed by atoms with Crippen molar-refractivity contribution in [1.82, 2.24) is 4.57 Å². The number of hydrogen-bond acceptors (Lipinski definition) is 2. The number of aromatic nitrogens is 1. The normalized spacial score (nSPS) is 11.7. The average Bonchev–Trinajstić information content (AvgIpc) is 2.96. The summed E-state index contributed by atoms with van der Waals surface area (Å²) in [7, 11) is 1.37. The zero-order valence-electron chi connectivity index (χ0n) is 14.5. The van der Waals surface area contributed by atoms with Gasteiger partial charge in [0.2, 0.25) is 0 Å². The lowest BCUT2D eigenvalue weighted by Crippen LogP contribution is -2.02. The molecule has 1 aromatic carbocycles. The molecule has 0 saturated heterocycles. The molecule has 0 fully saturated rings. The minimum absolute atomic E-state index is 0.203. The molecule has 2 rings (SSSR count). The van der Waals surface area contributed by atoms with E-state index in [1.165, 1.54) is 19.2 Å². The Kier molecular flexibility index (Phi) is 6.52. The molecule has 2 aromatic rings. The summed E-state index contributed by atoms with van der Waals surface area (Å²) in [4.78, 5) is 11.4. The second-order valence-corrected chi connectivity index (χ2v) is 5.61. The van der Waals surface area contributed by atoms with Gasteiger partial charge in [-0.2, -0.15) is 0 Å². The summed E-state index contributed by atoms with van der Waals surface area (Å²) in [6, 6.07) is 10.5. The van der Waals surface area contributed by atoms with Crippen molar-refractivity contribution in [2.75, 3.05) is 7.11 Å². The molecule has 0 amide bonds. The topological polar surface area (TPSA) is 31.2 Å². The maximum atomic E-state index is 13.1. The summed E-state index contributed by atoms with van der Waals surface area (Å²) in [5, 5.41) is 0. The highest BCUT2D eigenvalue weighted by Crippen LogP contribution is 2.23. The second kappa shape index (κ2) is 8.83. The fourth-order valence-electron chi connectivity index (χ4n) is 2.56. The third-order valence-corrected chi connectivity index (χ3v) is 3.87. The van der Waals surface area contributed by atoms with Crippen molar-refractivity contribution in [1.29, 1.82) is 0 Å². The Balaban J connectivity index is 2.18. The molecule has 0 aliphatic carbocycles. The number of methoxy groups -OCH3 is 1. The first kappa shape index (κ1) is 18.5. The van der Waals surface area contributed by atoms with E-state index < -0.39 is 0 Å². The van der Waals surface area contributed by atoms with Gasteiger partial charge in [0.1, 0.15) is 5.82 Å². The quantitative estimate of drug-likeness (QED) is 0.534. The summed E-state index contributed by atoms with van der Waals surface area (Å²) in [5.41, 5.74) is 3.91. The predicted molar refractivity (Wildman–Crippen MR) is 98.6 cm³/mol. The highest BCUT2D eigenvalue weighted by molar-refractivity contribution is 5.73. The molecule has 130 valence electrons. The molecule has 0 N–H and O–H groups in total. The molecule has 0 unspecified atom stereocenters. The molecule has 0 aliphatic heterocycles. The number of benzene rings is 1. The number of nitrogens with zero attached hydrogens (tertiary/aromatic N) is 1. The van der Waals surface area contributed by atoms with E-state index in [1.807, 2.05) is 31.2 Å². The van der Waals surface area contributed by atoms with Gasteiger partial charge in [-0.1, -0.05) is 30.9 Å². The van der Waals surface area contributed by atoms with Crippen LogP contribution in [-0.2, 0) is 16.1 Å². The molecule has 25 heavy (non-hydrogen) atoms. The van der Waals surface area contributed by atoms with Crippen molar-refractivity contribution in [2.45, 2.75) is 19.9 Å². The van der Waals surface area contributed by atoms with Crippen LogP contribution in [0.3, 0.4) is 0 Å². The Hall–Kier alpha value is -2.88. The monoisotopic (exact) mass is 339 g/mol. The summed E-state index contributed by atoms with van der Waals surface area (Å²) in [6.07, 6.45) is 7.52. The van der Waals surface area contributed by atoms with Gasteiger partial charge in [-0.05, 0) is 54.5 Å². The van der Waals surface area contributed by atoms with Gasteiger partial charge in [0, 0.05) is 17.9 Å². The Morgan fingerprint density at radius 1 is 1.24 bits per heavy atom.